The van der Waals surface area contributed by atoms with Crippen LogP contribution in [0.2, 0.25) is 0 Å². The van der Waals surface area contributed by atoms with Gasteiger partial charge in [0.15, 0.2) is 5.65 Å². The summed E-state index contributed by atoms with van der Waals surface area (Å²) in [6, 6.07) is 9.17. The van der Waals surface area contributed by atoms with E-state index in [1.807, 2.05) is 6.07 Å². The molecular weight excluding hydrogens is 345 g/mol. The zero-order chi connectivity index (χ0) is 18.1. The molecule has 26 heavy (non-hydrogen) atoms. The minimum absolute atomic E-state index is 0.0990. The third kappa shape index (κ3) is 3.33. The summed E-state index contributed by atoms with van der Waals surface area (Å²) in [5.41, 5.74) is 0.851. The van der Waals surface area contributed by atoms with E-state index in [4.69, 9.17) is 0 Å². The third-order valence-electron chi connectivity index (χ3n) is 4.83. The molecule has 0 saturated heterocycles. The number of nitrogens with one attached hydrogen (secondary N) is 1. The van der Waals surface area contributed by atoms with Gasteiger partial charge in [0.25, 0.3) is 0 Å². The fraction of sp³-hybridized carbons (Fsp3) is 0.412. The molecule has 1 N–H and O–H groups in total. The van der Waals surface area contributed by atoms with Gasteiger partial charge in [0.2, 0.25) is 0 Å². The van der Waals surface area contributed by atoms with Crippen LogP contribution in [0.4, 0.5) is 19.0 Å². The standard InChI is InChI=1S/C17H17F3N6/c18-17(19,20)12-7-5-11(6-8-12)13-3-1-2-4-14(13)21-15-9-10-16-22-24-25-26(16)23-15/h5-10,13-14H,1-4H2,(H,21,23)/t13-,14-/m0/s1. The van der Waals surface area contributed by atoms with Gasteiger partial charge >= 0.3 is 6.18 Å². The first-order chi connectivity index (χ1) is 12.5. The molecule has 0 unspecified atom stereocenters. The number of anilines is 1. The average Bonchev–Trinajstić information content (AvgIpc) is 3.09. The van der Waals surface area contributed by atoms with E-state index in [1.165, 1.54) is 4.63 Å². The van der Waals surface area contributed by atoms with Gasteiger partial charge in [0, 0.05) is 12.0 Å². The molecule has 9 heteroatoms. The number of rotatable bonds is 3. The van der Waals surface area contributed by atoms with Crippen molar-refractivity contribution >= 4 is 11.5 Å². The molecule has 2 atom stereocenters. The first kappa shape index (κ1) is 16.7. The van der Waals surface area contributed by atoms with Crippen LogP contribution < -0.4 is 5.32 Å². The van der Waals surface area contributed by atoms with E-state index in [9.17, 15) is 13.2 Å². The summed E-state index contributed by atoms with van der Waals surface area (Å²) in [7, 11) is 0. The molecule has 1 aromatic carbocycles. The van der Waals surface area contributed by atoms with Gasteiger partial charge < -0.3 is 5.32 Å². The van der Waals surface area contributed by atoms with E-state index < -0.39 is 11.7 Å². The molecule has 0 spiro atoms. The van der Waals surface area contributed by atoms with E-state index in [1.54, 1.807) is 18.2 Å². The molecule has 136 valence electrons. The molecule has 0 radical (unpaired) electrons. The molecule has 1 saturated carbocycles. The van der Waals surface area contributed by atoms with Gasteiger partial charge in [-0.25, -0.2) is 0 Å². The Kier molecular flexibility index (Phi) is 4.21. The molecule has 2 heterocycles. The molecule has 0 aliphatic heterocycles. The Morgan fingerprint density at radius 1 is 1.00 bits per heavy atom. The van der Waals surface area contributed by atoms with Crippen LogP contribution in [-0.2, 0) is 6.18 Å². The molecule has 1 aliphatic carbocycles. The molecule has 1 aliphatic rings. The number of alkyl halides is 3. The zero-order valence-electron chi connectivity index (χ0n) is 13.8. The number of aromatic nitrogens is 5. The molecular formula is C17H17F3N6. The van der Waals surface area contributed by atoms with E-state index in [0.29, 0.717) is 11.5 Å². The molecule has 1 fully saturated rings. The maximum atomic E-state index is 12.8. The van der Waals surface area contributed by atoms with Crippen LogP contribution >= 0.6 is 0 Å². The maximum Gasteiger partial charge on any atom is 0.416 e. The minimum Gasteiger partial charge on any atom is -0.365 e. The lowest BCUT2D eigenvalue weighted by Crippen LogP contribution is -2.31. The van der Waals surface area contributed by atoms with Gasteiger partial charge in [-0.05, 0) is 53.1 Å². The van der Waals surface area contributed by atoms with Gasteiger partial charge in [0.1, 0.15) is 5.82 Å². The number of halogens is 3. The lowest BCUT2D eigenvalue weighted by molar-refractivity contribution is -0.137. The summed E-state index contributed by atoms with van der Waals surface area (Å²) in [6.45, 7) is 0. The largest absolute Gasteiger partial charge is 0.416 e. The normalized spacial score (nSPS) is 21.0. The van der Waals surface area contributed by atoms with Gasteiger partial charge in [0.05, 0.1) is 5.56 Å². The van der Waals surface area contributed by atoms with Crippen molar-refractivity contribution in [1.82, 2.24) is 25.3 Å². The summed E-state index contributed by atoms with van der Waals surface area (Å²) >= 11 is 0. The predicted octanol–water partition coefficient (Wildman–Crippen LogP) is 3.68. The fourth-order valence-corrected chi connectivity index (χ4v) is 3.54. The lowest BCUT2D eigenvalue weighted by Gasteiger charge is -2.33. The monoisotopic (exact) mass is 362 g/mol. The van der Waals surface area contributed by atoms with E-state index in [0.717, 1.165) is 43.4 Å². The summed E-state index contributed by atoms with van der Waals surface area (Å²) < 4.78 is 39.7. The van der Waals surface area contributed by atoms with Crippen molar-refractivity contribution in [2.24, 2.45) is 0 Å². The highest BCUT2D eigenvalue weighted by molar-refractivity contribution is 5.43. The van der Waals surface area contributed by atoms with Gasteiger partial charge in [-0.1, -0.05) is 25.0 Å². The second-order valence-corrected chi connectivity index (χ2v) is 6.51. The highest BCUT2D eigenvalue weighted by Gasteiger charge is 2.31. The smallest absolute Gasteiger partial charge is 0.365 e. The van der Waals surface area contributed by atoms with Crippen molar-refractivity contribution in [1.29, 1.82) is 0 Å². The topological polar surface area (TPSA) is 68.0 Å². The lowest BCUT2D eigenvalue weighted by atomic mass is 9.80. The SMILES string of the molecule is FC(F)(F)c1ccc([C@@H]2CCCC[C@@H]2Nc2ccc3nnnn3n2)cc1. The Bertz CT molecular complexity index is 889. The first-order valence-electron chi connectivity index (χ1n) is 8.50. The fourth-order valence-electron chi connectivity index (χ4n) is 3.54. The summed E-state index contributed by atoms with van der Waals surface area (Å²) in [4.78, 5) is 0. The van der Waals surface area contributed by atoms with E-state index >= 15 is 0 Å². The summed E-state index contributed by atoms with van der Waals surface area (Å²) in [5.74, 6) is 0.783. The van der Waals surface area contributed by atoms with Crippen LogP contribution in [0.5, 0.6) is 0 Å². The van der Waals surface area contributed by atoms with Crippen LogP contribution in [0.25, 0.3) is 5.65 Å². The predicted molar refractivity (Wildman–Crippen MR) is 88.6 cm³/mol. The van der Waals surface area contributed by atoms with E-state index in [-0.39, 0.29) is 12.0 Å². The highest BCUT2D eigenvalue weighted by Crippen LogP contribution is 2.36. The van der Waals surface area contributed by atoms with E-state index in [2.05, 4.69) is 25.9 Å². The molecule has 0 bridgehead atoms. The molecule has 0 amide bonds. The third-order valence-corrected chi connectivity index (χ3v) is 4.83. The number of benzene rings is 1. The molecule has 2 aromatic heterocycles. The minimum atomic E-state index is -4.31. The Morgan fingerprint density at radius 2 is 1.77 bits per heavy atom. The van der Waals surface area contributed by atoms with Gasteiger partial charge in [-0.15, -0.1) is 14.8 Å². The second-order valence-electron chi connectivity index (χ2n) is 6.51. The van der Waals surface area contributed by atoms with Crippen LogP contribution in [-0.4, -0.2) is 31.3 Å². The van der Waals surface area contributed by atoms with Crippen molar-refractivity contribution in [3.05, 3.63) is 47.5 Å². The second kappa shape index (κ2) is 6.54. The summed E-state index contributed by atoms with van der Waals surface area (Å²) in [5, 5.41) is 18.9. The molecule has 6 nitrogen and oxygen atoms in total. The van der Waals surface area contributed by atoms with Crippen molar-refractivity contribution in [3.63, 3.8) is 0 Å². The highest BCUT2D eigenvalue weighted by atomic mass is 19.4. The van der Waals surface area contributed by atoms with Crippen LogP contribution in [0.3, 0.4) is 0 Å². The molecule has 4 rings (SSSR count). The average molecular weight is 362 g/mol. The van der Waals surface area contributed by atoms with Gasteiger partial charge in [-0.2, -0.15) is 13.2 Å². The maximum absolute atomic E-state index is 12.8. The van der Waals surface area contributed by atoms with Gasteiger partial charge in [-0.3, -0.25) is 0 Å². The quantitative estimate of drug-likeness (QED) is 0.770. The van der Waals surface area contributed by atoms with Crippen molar-refractivity contribution in [3.8, 4) is 0 Å². The number of tetrazole rings is 1. The first-order valence-corrected chi connectivity index (χ1v) is 8.50. The number of nitrogens with zero attached hydrogens (tertiary/aromatic N) is 5. The van der Waals surface area contributed by atoms with Crippen LogP contribution in [0, 0.1) is 0 Å². The Hall–Kier alpha value is -2.71. The Labute approximate surface area is 147 Å². The molecule has 3 aromatic rings. The van der Waals surface area contributed by atoms with Crippen LogP contribution in [0.1, 0.15) is 42.7 Å². The zero-order valence-corrected chi connectivity index (χ0v) is 13.8. The van der Waals surface area contributed by atoms with Crippen molar-refractivity contribution in [2.75, 3.05) is 5.32 Å². The van der Waals surface area contributed by atoms with Crippen LogP contribution in [0.15, 0.2) is 36.4 Å². The Balaban J connectivity index is 1.56. The summed E-state index contributed by atoms with van der Waals surface area (Å²) in [6.07, 6.45) is -0.323. The number of hydrogen-bond donors (Lipinski definition) is 1. The van der Waals surface area contributed by atoms with Crippen molar-refractivity contribution < 1.29 is 13.2 Å². The number of fused-ring (bicyclic) bond motifs is 1. The number of hydrogen-bond acceptors (Lipinski definition) is 5. The van der Waals surface area contributed by atoms with Crippen molar-refractivity contribution in [2.45, 2.75) is 43.8 Å². The Morgan fingerprint density at radius 3 is 2.54 bits per heavy atom.